The molecule has 0 spiro atoms. The molecule has 100 valence electrons. The summed E-state index contributed by atoms with van der Waals surface area (Å²) >= 11 is 4.28. The Morgan fingerprint density at radius 3 is 1.53 bits per heavy atom. The Bertz CT molecular complexity index is 581. The second-order valence-electron chi connectivity index (χ2n) is 4.64. The molecule has 0 aromatic heterocycles. The first-order chi connectivity index (χ1) is 8.88. The summed E-state index contributed by atoms with van der Waals surface area (Å²) in [5.74, 6) is 0.665. The van der Waals surface area contributed by atoms with Crippen LogP contribution in [0.3, 0.4) is 0 Å². The smallest absolute Gasteiger partial charge is 0.129 e. The fraction of sp³-hybridized carbons (Fsp3) is 0.200. The molecule has 0 fully saturated rings. The average Bonchev–Trinajstić information content (AvgIpc) is 2.32. The summed E-state index contributed by atoms with van der Waals surface area (Å²) in [6, 6.07) is 7.64. The lowest BCUT2D eigenvalue weighted by atomic mass is 9.97. The lowest BCUT2D eigenvalue weighted by Crippen LogP contribution is -1.96. The van der Waals surface area contributed by atoms with E-state index in [2.05, 4.69) is 45.2 Å². The van der Waals surface area contributed by atoms with Crippen molar-refractivity contribution in [3.63, 3.8) is 0 Å². The first kappa shape index (κ1) is 14.9. The summed E-state index contributed by atoms with van der Waals surface area (Å²) in [5, 5.41) is 19.4. The highest BCUT2D eigenvalue weighted by Crippen LogP contribution is 2.29. The molecule has 2 aromatic carbocycles. The van der Waals surface area contributed by atoms with E-state index in [1.54, 1.807) is 12.1 Å². The zero-order chi connectivity index (χ0) is 14.2. The van der Waals surface area contributed by atoms with Gasteiger partial charge >= 0.3 is 0 Å². The minimum atomic E-state index is 0.332. The Hall–Kier alpha value is -0.500. The molecule has 0 saturated heterocycles. The van der Waals surface area contributed by atoms with E-state index < -0.39 is 0 Å². The van der Waals surface area contributed by atoms with E-state index in [1.165, 1.54) is 11.1 Å². The molecule has 2 nitrogen and oxygen atoms in total. The number of halogens is 2. The molecule has 0 aliphatic rings. The third kappa shape index (κ3) is 3.34. The first-order valence-electron chi connectivity index (χ1n) is 5.84. The Morgan fingerprint density at radius 1 is 0.789 bits per heavy atom. The summed E-state index contributed by atoms with van der Waals surface area (Å²) in [4.78, 5) is 0. The van der Waals surface area contributed by atoms with Gasteiger partial charge in [-0.15, -0.1) is 0 Å². The molecule has 0 atom stereocenters. The van der Waals surface area contributed by atoms with E-state index in [1.807, 2.05) is 26.0 Å². The number of phenols is 2. The number of phenolic OH excluding ortho intramolecular Hbond substituents is 2. The van der Waals surface area contributed by atoms with E-state index >= 15 is 0 Å². The summed E-state index contributed by atoms with van der Waals surface area (Å²) in [7, 11) is 0. The minimum Gasteiger partial charge on any atom is -0.507 e. The molecule has 0 heterocycles. The SMILES string of the molecule is Cc1cc(O)c(I)cc1Cc1cc(I)c(O)cc1C. The normalized spacial score (nSPS) is 10.7. The molecule has 2 N–H and O–H groups in total. The molecule has 2 rings (SSSR count). The molecule has 2 aromatic rings. The summed E-state index contributed by atoms with van der Waals surface area (Å²) in [6.07, 6.45) is 0.810. The fourth-order valence-corrected chi connectivity index (χ4v) is 3.06. The van der Waals surface area contributed by atoms with Gasteiger partial charge in [-0.1, -0.05) is 0 Å². The highest BCUT2D eigenvalue weighted by atomic mass is 127. The highest BCUT2D eigenvalue weighted by Gasteiger charge is 2.09. The molecule has 0 saturated carbocycles. The number of aryl methyl sites for hydroxylation is 2. The van der Waals surface area contributed by atoms with Crippen LogP contribution >= 0.6 is 45.2 Å². The third-order valence-electron chi connectivity index (χ3n) is 3.19. The van der Waals surface area contributed by atoms with Crippen molar-refractivity contribution in [1.82, 2.24) is 0 Å². The molecule has 0 aliphatic heterocycles. The zero-order valence-corrected chi connectivity index (χ0v) is 15.0. The maximum Gasteiger partial charge on any atom is 0.129 e. The van der Waals surface area contributed by atoms with Gasteiger partial charge in [0, 0.05) is 0 Å². The van der Waals surface area contributed by atoms with E-state index in [-0.39, 0.29) is 0 Å². The van der Waals surface area contributed by atoms with Gasteiger partial charge in [-0.05, 0) is 112 Å². The maximum absolute atomic E-state index is 9.68. The van der Waals surface area contributed by atoms with Crippen LogP contribution in [0.15, 0.2) is 24.3 Å². The minimum absolute atomic E-state index is 0.332. The highest BCUT2D eigenvalue weighted by molar-refractivity contribution is 14.1. The topological polar surface area (TPSA) is 40.5 Å². The standard InChI is InChI=1S/C15H14I2O2/c1-8-3-14(18)12(16)6-10(8)5-11-7-13(17)15(19)4-9(11)2/h3-4,6-7,18-19H,5H2,1-2H3. The van der Waals surface area contributed by atoms with Crippen molar-refractivity contribution in [2.24, 2.45) is 0 Å². The second kappa shape index (κ2) is 5.87. The predicted octanol–water partition coefficient (Wildman–Crippen LogP) is 4.51. The molecule has 0 radical (unpaired) electrons. The Kier molecular flexibility index (Phi) is 4.60. The molecule has 19 heavy (non-hydrogen) atoms. The van der Waals surface area contributed by atoms with Crippen molar-refractivity contribution in [3.8, 4) is 11.5 Å². The third-order valence-corrected chi connectivity index (χ3v) is 4.92. The van der Waals surface area contributed by atoms with Gasteiger partial charge in [-0.2, -0.15) is 0 Å². The van der Waals surface area contributed by atoms with Crippen LogP contribution in [0.1, 0.15) is 22.3 Å². The number of hydrogen-bond acceptors (Lipinski definition) is 2. The summed E-state index contributed by atoms with van der Waals surface area (Å²) in [6.45, 7) is 4.01. The van der Waals surface area contributed by atoms with Crippen LogP contribution in [-0.4, -0.2) is 10.2 Å². The van der Waals surface area contributed by atoms with Crippen molar-refractivity contribution in [2.75, 3.05) is 0 Å². The van der Waals surface area contributed by atoms with E-state index in [0.717, 1.165) is 24.7 Å². The summed E-state index contributed by atoms with van der Waals surface area (Å²) < 4.78 is 1.73. The number of hydrogen-bond donors (Lipinski definition) is 2. The van der Waals surface area contributed by atoms with E-state index in [4.69, 9.17) is 0 Å². The van der Waals surface area contributed by atoms with Crippen LogP contribution < -0.4 is 0 Å². The maximum atomic E-state index is 9.68. The first-order valence-corrected chi connectivity index (χ1v) is 8.00. The van der Waals surface area contributed by atoms with Gasteiger partial charge in [0.2, 0.25) is 0 Å². The van der Waals surface area contributed by atoms with Gasteiger partial charge in [-0.25, -0.2) is 0 Å². The lowest BCUT2D eigenvalue weighted by Gasteiger charge is -2.11. The van der Waals surface area contributed by atoms with Crippen LogP contribution in [-0.2, 0) is 6.42 Å². The largest absolute Gasteiger partial charge is 0.507 e. The van der Waals surface area contributed by atoms with Crippen LogP contribution in [0.2, 0.25) is 0 Å². The predicted molar refractivity (Wildman–Crippen MR) is 93.9 cm³/mol. The summed E-state index contributed by atoms with van der Waals surface area (Å²) in [5.41, 5.74) is 4.57. The van der Waals surface area contributed by atoms with Crippen LogP contribution in [0.5, 0.6) is 11.5 Å². The van der Waals surface area contributed by atoms with Gasteiger partial charge in [0.1, 0.15) is 11.5 Å². The molecule has 0 amide bonds. The molecular weight excluding hydrogens is 466 g/mol. The number of aromatic hydroxyl groups is 2. The zero-order valence-electron chi connectivity index (χ0n) is 10.7. The second-order valence-corrected chi connectivity index (χ2v) is 6.96. The van der Waals surface area contributed by atoms with Crippen LogP contribution in [0.25, 0.3) is 0 Å². The van der Waals surface area contributed by atoms with E-state index in [0.29, 0.717) is 11.5 Å². The Balaban J connectivity index is 2.42. The fourth-order valence-electron chi connectivity index (χ4n) is 2.00. The Morgan fingerprint density at radius 2 is 1.16 bits per heavy atom. The van der Waals surface area contributed by atoms with Crippen molar-refractivity contribution in [2.45, 2.75) is 20.3 Å². The molecule has 0 unspecified atom stereocenters. The van der Waals surface area contributed by atoms with Gasteiger partial charge < -0.3 is 10.2 Å². The number of benzene rings is 2. The van der Waals surface area contributed by atoms with E-state index in [9.17, 15) is 10.2 Å². The molecule has 4 heteroatoms. The quantitative estimate of drug-likeness (QED) is 0.622. The van der Waals surface area contributed by atoms with Crippen molar-refractivity contribution < 1.29 is 10.2 Å². The molecule has 0 bridgehead atoms. The van der Waals surface area contributed by atoms with Crippen molar-refractivity contribution >= 4 is 45.2 Å². The van der Waals surface area contributed by atoms with Crippen LogP contribution in [0, 0.1) is 21.0 Å². The molecule has 0 aliphatic carbocycles. The number of rotatable bonds is 2. The van der Waals surface area contributed by atoms with Gasteiger partial charge in [-0.3, -0.25) is 0 Å². The van der Waals surface area contributed by atoms with Gasteiger partial charge in [0.25, 0.3) is 0 Å². The molecular formula is C15H14I2O2. The van der Waals surface area contributed by atoms with Crippen molar-refractivity contribution in [3.05, 3.63) is 53.7 Å². The van der Waals surface area contributed by atoms with Crippen molar-refractivity contribution in [1.29, 1.82) is 0 Å². The monoisotopic (exact) mass is 480 g/mol. The lowest BCUT2D eigenvalue weighted by molar-refractivity contribution is 0.470. The Labute approximate surface area is 140 Å². The van der Waals surface area contributed by atoms with Gasteiger partial charge in [0.05, 0.1) is 7.14 Å². The van der Waals surface area contributed by atoms with Gasteiger partial charge in [0.15, 0.2) is 0 Å². The van der Waals surface area contributed by atoms with Crippen LogP contribution in [0.4, 0.5) is 0 Å². The average molecular weight is 480 g/mol.